The molecule has 7 N–H and O–H groups in total. The number of ketones is 1. The molecule has 0 aliphatic carbocycles. The van der Waals surface area contributed by atoms with E-state index in [1.165, 1.54) is 43.9 Å². The number of halogens is 5. The number of hydroxylamine groups is 2. The van der Waals surface area contributed by atoms with Gasteiger partial charge in [-0.05, 0) is 241 Å². The number of alkyl halides is 4. The minimum atomic E-state index is -1.32. The average Bonchev–Trinajstić information content (AvgIpc) is 1.69. The smallest absolute Gasteiger partial charge is 1.00 e. The Morgan fingerprint density at radius 2 is 0.896 bits per heavy atom. The Bertz CT molecular complexity index is 4150. The Labute approximate surface area is 880 Å². The van der Waals surface area contributed by atoms with E-state index in [0.29, 0.717) is 78.7 Å². The number of nitrogens with zero attached hydrogens (tertiary/aromatic N) is 13. The van der Waals surface area contributed by atoms with Crippen molar-refractivity contribution in [3.63, 3.8) is 0 Å². The normalized spacial score (nSPS) is 15.3. The molecule has 135 heavy (non-hydrogen) atoms. The number of aliphatic hydroxyl groups is 4. The zero-order valence-electron chi connectivity index (χ0n) is 84.9. The summed E-state index contributed by atoms with van der Waals surface area (Å²) in [5, 5.41) is 40.0. The van der Waals surface area contributed by atoms with Gasteiger partial charge < -0.3 is 55.6 Å². The van der Waals surface area contributed by atoms with Gasteiger partial charge in [-0.1, -0.05) is 4.63 Å². The zero-order chi connectivity index (χ0) is 101. The fraction of sp³-hybridized carbons (Fsp3) is 0.633. The molecule has 8 atom stereocenters. The maximum Gasteiger partial charge on any atom is 1.00 e. The quantitative estimate of drug-likeness (QED) is 0.00531. The average molecular weight is 2120 g/mol. The number of aromatic nitrogens is 6. The van der Waals surface area contributed by atoms with E-state index in [0.717, 1.165) is 116 Å². The monoisotopic (exact) mass is 2110 g/mol. The number of carbonyl (C=O) groups excluding carboxylic acids is 2. The Morgan fingerprint density at radius 3 is 1.25 bits per heavy atom. The molecule has 0 saturated carbocycles. The van der Waals surface area contributed by atoms with Crippen LogP contribution in [0.1, 0.15) is 264 Å². The Morgan fingerprint density at radius 1 is 0.533 bits per heavy atom. The number of aliphatic hydroxyl groups excluding tert-OH is 4. The van der Waals surface area contributed by atoms with Crippen molar-refractivity contribution in [2.24, 2.45) is 19.5 Å². The Kier molecular flexibility index (Phi) is 87.4. The standard InChI is InChI=1S/C14H23ClN2O2S.C14H21ClN2O2S.2C14H22N2O2S.C10H12ClNO2.C10H14N2O.C6H12ClNO2.4C2H6O.B.ClHN4.Na.Ti.H/c2*1-14(2,3)20(18)17-12(6-5-8-15)11-10-16-9-7-13(11)19-4;2*1-14(2,3)19(17)16-9-5-6-12(16)11-10-15-8-7-13(11)18-4;1-14-10-4-6-12-7-8(10)9(13)3-2-5-11;1-13-10-4-6-11-7-8(10)9-3-2-5-12-9;1-8(10-2)6(9)4-3-5-7;4*1-2-3;;1-3-5-4-2;;;/h7,9-10,12,17H,5-6,8H2,1-4H3;7,9-10H,5-6,8H2,1-4H3;2*7-8,10,12H,5-6,9H2,1-4H3;4,6-7H,2-3,5H2,1H3;4,6-7,9,12H,2-3,5H2,1H3;3-5H2,1-2H3;4*3H,2H2,1H3;;2H;;;/q;;;;;;;;;;;;;+1;;-1/t12?,20-;20-;2*12-,19?;;9-;;;;;;;;;;/m0010.1........../s1. The van der Waals surface area contributed by atoms with Crippen molar-refractivity contribution in [3.8, 4) is 34.5 Å². The minimum Gasteiger partial charge on any atom is -1.00 e. The van der Waals surface area contributed by atoms with E-state index in [2.05, 4.69) is 84.6 Å². The van der Waals surface area contributed by atoms with Crippen LogP contribution in [0.5, 0.6) is 34.5 Å². The SMILES string of the molecule is CCO.CCO.CCO.CCO.CON(C)C(=O)CCCCl.COc1ccncc1C(=O)CCCCl.COc1ccncc1C(CCCCl)=N[S@@](=O)C(C)(C)C.COc1ccncc1C(CCCCl)N[S@@](=O)C(C)(C)C.COc1ccncc1[C@@H]1CCCN1S(=O)C(C)(C)C.COc1ccncc1[C@H]1CCCN1.COc1ccncc1[C@H]1CCCN1S(=O)C(C)(C)C.N=NN=NCl.[B].[H-].[Na+].[Ti]. The molecule has 3 aliphatic rings. The second-order valence-corrected chi connectivity index (χ2v) is 41.7. The first-order valence-corrected chi connectivity index (χ1v) is 50.2. The molecule has 6 aromatic heterocycles. The fourth-order valence-corrected chi connectivity index (χ4v) is 16.5. The van der Waals surface area contributed by atoms with Crippen molar-refractivity contribution < 1.29 is 133 Å². The van der Waals surface area contributed by atoms with Crippen molar-refractivity contribution >= 4 is 128 Å². The number of hydrogen-bond acceptors (Lipinski definition) is 26. The number of pyridine rings is 6. The summed E-state index contributed by atoms with van der Waals surface area (Å²) in [6.45, 7) is 34.1. The van der Waals surface area contributed by atoms with Crippen LogP contribution in [0, 0.1) is 5.53 Å². The number of carbonyl (C=O) groups is 2. The van der Waals surface area contributed by atoms with Crippen LogP contribution >= 0.6 is 58.2 Å². The van der Waals surface area contributed by atoms with Crippen molar-refractivity contribution in [2.75, 3.05) is 126 Å². The van der Waals surface area contributed by atoms with E-state index >= 15 is 0 Å². The van der Waals surface area contributed by atoms with E-state index in [4.69, 9.17) is 101 Å². The summed E-state index contributed by atoms with van der Waals surface area (Å²) in [5.41, 5.74) is 12.1. The summed E-state index contributed by atoms with van der Waals surface area (Å²) < 4.78 is 94.7. The summed E-state index contributed by atoms with van der Waals surface area (Å²) in [6.07, 6.45) is 32.5. The second kappa shape index (κ2) is 83.8. The summed E-state index contributed by atoms with van der Waals surface area (Å²) in [5.74, 6) is 6.70. The van der Waals surface area contributed by atoms with Crippen molar-refractivity contribution in [3.05, 3.63) is 144 Å². The third kappa shape index (κ3) is 59.0. The van der Waals surface area contributed by atoms with Gasteiger partial charge in [0, 0.05) is 222 Å². The van der Waals surface area contributed by atoms with Crippen LogP contribution in [-0.4, -0.2) is 252 Å². The van der Waals surface area contributed by atoms with Gasteiger partial charge >= 0.3 is 29.6 Å². The zero-order valence-corrected chi connectivity index (χ0v) is 94.5. The summed E-state index contributed by atoms with van der Waals surface area (Å²) in [4.78, 5) is 51.8. The van der Waals surface area contributed by atoms with Crippen molar-refractivity contribution in [2.45, 2.75) is 244 Å². The van der Waals surface area contributed by atoms with Crippen LogP contribution in [0.2, 0.25) is 0 Å². The number of methoxy groups -OCH3 is 6. The molecule has 3 radical (unpaired) electrons. The molecule has 9 rings (SSSR count). The first kappa shape index (κ1) is 141. The molecule has 761 valence electrons. The van der Waals surface area contributed by atoms with E-state index in [1.807, 2.05) is 126 Å². The largest absolute Gasteiger partial charge is 1.00 e. The molecule has 3 saturated heterocycles. The minimum absolute atomic E-state index is 0. The van der Waals surface area contributed by atoms with Gasteiger partial charge in [0.15, 0.2) is 5.78 Å². The number of hydrogen-bond donors (Lipinski definition) is 7. The molecular formula is C90H152BCl5N16NaO17S4Ti. The molecule has 33 nitrogen and oxygen atoms in total. The Balaban J connectivity index is -0.000000278. The van der Waals surface area contributed by atoms with E-state index in [1.54, 1.807) is 132 Å². The molecule has 6 aromatic rings. The van der Waals surface area contributed by atoms with E-state index in [-0.39, 0.29) is 132 Å². The molecule has 0 aromatic carbocycles. The third-order valence-electron chi connectivity index (χ3n) is 17.6. The van der Waals surface area contributed by atoms with Gasteiger partial charge in [0.2, 0.25) is 5.91 Å². The predicted molar refractivity (Wildman–Crippen MR) is 544 cm³/mol. The van der Waals surface area contributed by atoms with Crippen LogP contribution < -0.4 is 68.0 Å². The van der Waals surface area contributed by atoms with Gasteiger partial charge in [0.05, 0.1) is 120 Å². The summed E-state index contributed by atoms with van der Waals surface area (Å²) in [7, 11) is 8.34. The summed E-state index contributed by atoms with van der Waals surface area (Å²) in [6, 6.07) is 11.5. The van der Waals surface area contributed by atoms with Crippen LogP contribution in [0.4, 0.5) is 0 Å². The van der Waals surface area contributed by atoms with Gasteiger partial charge in [-0.15, -0.1) is 46.4 Å². The van der Waals surface area contributed by atoms with Crippen LogP contribution in [0.25, 0.3) is 0 Å². The van der Waals surface area contributed by atoms with Gasteiger partial charge in [-0.3, -0.25) is 44.3 Å². The van der Waals surface area contributed by atoms with Crippen LogP contribution in [0.3, 0.4) is 0 Å². The number of amides is 1. The maximum atomic E-state index is 12.6. The number of rotatable bonds is 31. The van der Waals surface area contributed by atoms with Crippen LogP contribution in [0.15, 0.2) is 130 Å². The molecule has 3 unspecified atom stereocenters. The van der Waals surface area contributed by atoms with Crippen molar-refractivity contribution in [1.29, 1.82) is 5.53 Å². The number of nitrogens with one attached hydrogen (secondary N) is 3. The van der Waals surface area contributed by atoms with Crippen LogP contribution in [-0.2, 0) is 75.3 Å². The second-order valence-electron chi connectivity index (χ2n) is 31.8. The first-order valence-electron chi connectivity index (χ1n) is 43.2. The topological polar surface area (TPSA) is 432 Å². The number of Topliss-reactive ketones (excluding diaryl/α,β-unsaturated/α-hetero) is 1. The molecular weight excluding hydrogens is 1960 g/mol. The molecule has 3 aliphatic heterocycles. The van der Waals surface area contributed by atoms with E-state index < -0.39 is 48.7 Å². The van der Waals surface area contributed by atoms with Gasteiger partial charge in [-0.2, -0.15) is 9.93 Å². The fourth-order valence-electron chi connectivity index (χ4n) is 11.5. The van der Waals surface area contributed by atoms with Gasteiger partial charge in [-0.25, -0.2) is 35.2 Å². The molecule has 3 fully saturated rings. The third-order valence-corrected chi connectivity index (χ3v) is 25.6. The van der Waals surface area contributed by atoms with Gasteiger partial charge in [0.1, 0.15) is 67.5 Å². The molecule has 0 bridgehead atoms. The number of ether oxygens (including phenoxy) is 6. The molecule has 45 heteroatoms. The predicted octanol–water partition coefficient (Wildman–Crippen LogP) is 15.0. The Hall–Kier alpha value is -4.82. The molecule has 9 heterocycles. The van der Waals surface area contributed by atoms with E-state index in [9.17, 15) is 26.4 Å². The summed E-state index contributed by atoms with van der Waals surface area (Å²) >= 11 is 27.0. The molecule has 0 spiro atoms. The van der Waals surface area contributed by atoms with Crippen molar-refractivity contribution in [1.82, 2.24) is 53.6 Å². The first-order chi connectivity index (χ1) is 62.7. The van der Waals surface area contributed by atoms with Gasteiger partial charge in [0.25, 0.3) is 0 Å². The molecule has 1 amide bonds. The maximum absolute atomic E-state index is 12.6.